The van der Waals surface area contributed by atoms with E-state index in [0.717, 1.165) is 4.57 Å². The van der Waals surface area contributed by atoms with Crippen molar-refractivity contribution < 1.29 is 19.7 Å². The van der Waals surface area contributed by atoms with Crippen LogP contribution in [-0.2, 0) is 15.2 Å². The van der Waals surface area contributed by atoms with E-state index in [4.69, 9.17) is 20.3 Å². The zero-order valence-electron chi connectivity index (χ0n) is 11.3. The van der Waals surface area contributed by atoms with E-state index in [1.54, 1.807) is 0 Å². The summed E-state index contributed by atoms with van der Waals surface area (Å²) in [5.41, 5.74) is 2.82. The molecule has 1 aliphatic rings. The lowest BCUT2D eigenvalue weighted by Gasteiger charge is -2.28. The molecule has 0 aliphatic carbocycles. The molecule has 4 atom stereocenters. The van der Waals surface area contributed by atoms with Crippen molar-refractivity contribution in [3.05, 3.63) is 22.7 Å². The molecule has 0 saturated carbocycles. The molecule has 1 fully saturated rings. The summed E-state index contributed by atoms with van der Waals surface area (Å²) in [4.78, 5) is 15.5. The van der Waals surface area contributed by atoms with Gasteiger partial charge in [0.15, 0.2) is 0 Å². The topological polar surface area (TPSA) is 144 Å². The van der Waals surface area contributed by atoms with Crippen LogP contribution < -0.4 is 11.4 Å². The van der Waals surface area contributed by atoms with Gasteiger partial charge in [0.05, 0.1) is 12.2 Å². The standard InChI is InChI=1S/C12H16N4O5/c1-7(18)8-4-9(20-6-17)12(5-13,21-8)16-3-2-10(14)15-11(16)19/h2-3,7-9,17-18H,4,6H2,1H3,(H2,14,15,19). The van der Waals surface area contributed by atoms with Crippen molar-refractivity contribution >= 4 is 5.82 Å². The highest BCUT2D eigenvalue weighted by atomic mass is 16.6. The van der Waals surface area contributed by atoms with Crippen LogP contribution in [0.4, 0.5) is 5.82 Å². The predicted octanol–water partition coefficient (Wildman–Crippen LogP) is -1.49. The average Bonchev–Trinajstić information content (AvgIpc) is 2.79. The number of aliphatic hydroxyl groups is 2. The van der Waals surface area contributed by atoms with Crippen LogP contribution in [0.5, 0.6) is 0 Å². The lowest BCUT2D eigenvalue weighted by molar-refractivity contribution is -0.155. The molecule has 114 valence electrons. The van der Waals surface area contributed by atoms with Gasteiger partial charge in [0.25, 0.3) is 5.72 Å². The summed E-state index contributed by atoms with van der Waals surface area (Å²) < 4.78 is 11.6. The van der Waals surface area contributed by atoms with E-state index in [1.807, 2.05) is 6.07 Å². The maximum atomic E-state index is 12.0. The van der Waals surface area contributed by atoms with E-state index in [2.05, 4.69) is 4.98 Å². The molecule has 1 aromatic rings. The van der Waals surface area contributed by atoms with Crippen molar-refractivity contribution in [1.29, 1.82) is 5.26 Å². The zero-order chi connectivity index (χ0) is 15.6. The Morgan fingerprint density at radius 3 is 3.05 bits per heavy atom. The first-order valence-electron chi connectivity index (χ1n) is 6.30. The molecule has 9 nitrogen and oxygen atoms in total. The molecule has 4 unspecified atom stereocenters. The molecule has 9 heteroatoms. The van der Waals surface area contributed by atoms with Gasteiger partial charge < -0.3 is 25.4 Å². The molecule has 0 spiro atoms. The van der Waals surface area contributed by atoms with E-state index in [-0.39, 0.29) is 12.2 Å². The van der Waals surface area contributed by atoms with Gasteiger partial charge in [0.1, 0.15) is 24.8 Å². The molecule has 0 radical (unpaired) electrons. The molecular weight excluding hydrogens is 280 g/mol. The quantitative estimate of drug-likeness (QED) is 0.570. The van der Waals surface area contributed by atoms with Crippen molar-refractivity contribution in [3.8, 4) is 6.07 Å². The van der Waals surface area contributed by atoms with Gasteiger partial charge in [-0.15, -0.1) is 0 Å². The van der Waals surface area contributed by atoms with Gasteiger partial charge in [-0.2, -0.15) is 10.2 Å². The predicted molar refractivity (Wildman–Crippen MR) is 69.6 cm³/mol. The molecule has 0 amide bonds. The number of aromatic nitrogens is 2. The van der Waals surface area contributed by atoms with Gasteiger partial charge >= 0.3 is 5.69 Å². The monoisotopic (exact) mass is 296 g/mol. The van der Waals surface area contributed by atoms with E-state index >= 15 is 0 Å². The maximum Gasteiger partial charge on any atom is 0.352 e. The normalized spacial score (nSPS) is 30.0. The molecule has 0 aromatic carbocycles. The fourth-order valence-corrected chi connectivity index (χ4v) is 2.33. The second-order valence-electron chi connectivity index (χ2n) is 4.73. The number of aliphatic hydroxyl groups excluding tert-OH is 2. The SMILES string of the molecule is CC(O)C1CC(OCO)C(C#N)(n2ccc(N)nc2=O)O1. The fraction of sp³-hybridized carbons (Fsp3) is 0.583. The third-order valence-electron chi connectivity index (χ3n) is 3.37. The lowest BCUT2D eigenvalue weighted by Crippen LogP contribution is -2.49. The molecule has 1 aromatic heterocycles. The Balaban J connectivity index is 2.52. The highest BCUT2D eigenvalue weighted by Gasteiger charge is 2.53. The highest BCUT2D eigenvalue weighted by molar-refractivity contribution is 5.25. The van der Waals surface area contributed by atoms with Crippen molar-refractivity contribution in [2.75, 3.05) is 12.5 Å². The van der Waals surface area contributed by atoms with Crippen LogP contribution in [0.15, 0.2) is 17.1 Å². The molecule has 4 N–H and O–H groups in total. The van der Waals surface area contributed by atoms with Crippen LogP contribution in [-0.4, -0.2) is 44.9 Å². The van der Waals surface area contributed by atoms with Crippen molar-refractivity contribution in [3.63, 3.8) is 0 Å². The van der Waals surface area contributed by atoms with E-state index in [1.165, 1.54) is 19.2 Å². The Bertz CT molecular complexity index is 610. The number of nitrogens with two attached hydrogens (primary N) is 1. The van der Waals surface area contributed by atoms with Gasteiger partial charge in [-0.3, -0.25) is 4.57 Å². The average molecular weight is 296 g/mol. The smallest absolute Gasteiger partial charge is 0.352 e. The van der Waals surface area contributed by atoms with Gasteiger partial charge in [0.2, 0.25) is 0 Å². The van der Waals surface area contributed by atoms with Gasteiger partial charge in [-0.1, -0.05) is 0 Å². The third kappa shape index (κ3) is 2.62. The van der Waals surface area contributed by atoms with Gasteiger partial charge in [-0.25, -0.2) is 4.79 Å². The maximum absolute atomic E-state index is 12.0. The van der Waals surface area contributed by atoms with Crippen molar-refractivity contribution in [1.82, 2.24) is 9.55 Å². The number of hydrogen-bond donors (Lipinski definition) is 3. The van der Waals surface area contributed by atoms with Crippen LogP contribution in [0, 0.1) is 11.3 Å². The van der Waals surface area contributed by atoms with E-state index < -0.39 is 36.5 Å². The molecule has 1 saturated heterocycles. The molecule has 2 heterocycles. The van der Waals surface area contributed by atoms with Crippen LogP contribution >= 0.6 is 0 Å². The highest BCUT2D eigenvalue weighted by Crippen LogP contribution is 2.37. The Morgan fingerprint density at radius 2 is 2.52 bits per heavy atom. The zero-order valence-corrected chi connectivity index (χ0v) is 11.3. The minimum Gasteiger partial charge on any atom is -0.391 e. The summed E-state index contributed by atoms with van der Waals surface area (Å²) in [6, 6.07) is 3.23. The Labute approximate surface area is 120 Å². The molecule has 0 bridgehead atoms. The van der Waals surface area contributed by atoms with E-state index in [0.29, 0.717) is 0 Å². The molecular formula is C12H16N4O5. The Kier molecular flexibility index (Phi) is 4.24. The number of hydrogen-bond acceptors (Lipinski definition) is 8. The lowest BCUT2D eigenvalue weighted by atomic mass is 10.0. The summed E-state index contributed by atoms with van der Waals surface area (Å²) in [7, 11) is 0. The first kappa shape index (κ1) is 15.4. The summed E-state index contributed by atoms with van der Waals surface area (Å²) in [5, 5.41) is 28.1. The minimum atomic E-state index is -1.82. The van der Waals surface area contributed by atoms with E-state index in [9.17, 15) is 15.2 Å². The summed E-state index contributed by atoms with van der Waals surface area (Å²) in [5.74, 6) is 0.00837. The number of nitrogens with zero attached hydrogens (tertiary/aromatic N) is 3. The summed E-state index contributed by atoms with van der Waals surface area (Å²) in [6.07, 6.45) is -1.11. The Hall–Kier alpha value is -1.99. The van der Waals surface area contributed by atoms with Crippen LogP contribution in [0.3, 0.4) is 0 Å². The number of nitrogen functional groups attached to an aromatic ring is 1. The number of rotatable bonds is 4. The first-order chi connectivity index (χ1) is 9.94. The Morgan fingerprint density at radius 1 is 1.81 bits per heavy atom. The number of nitriles is 1. The summed E-state index contributed by atoms with van der Waals surface area (Å²) in [6.45, 7) is 0.846. The van der Waals surface area contributed by atoms with Gasteiger partial charge in [-0.05, 0) is 13.0 Å². The van der Waals surface area contributed by atoms with Crippen LogP contribution in [0.2, 0.25) is 0 Å². The van der Waals surface area contributed by atoms with Crippen LogP contribution in [0.1, 0.15) is 13.3 Å². The number of ether oxygens (including phenoxy) is 2. The third-order valence-corrected chi connectivity index (χ3v) is 3.37. The number of anilines is 1. The first-order valence-corrected chi connectivity index (χ1v) is 6.30. The molecule has 1 aliphatic heterocycles. The van der Waals surface area contributed by atoms with Crippen LogP contribution in [0.25, 0.3) is 0 Å². The second-order valence-corrected chi connectivity index (χ2v) is 4.73. The fourth-order valence-electron chi connectivity index (χ4n) is 2.33. The van der Waals surface area contributed by atoms with Gasteiger partial charge in [0, 0.05) is 12.6 Å². The largest absolute Gasteiger partial charge is 0.391 e. The minimum absolute atomic E-state index is 0.00837. The second kappa shape index (κ2) is 5.79. The molecule has 2 rings (SSSR count). The summed E-state index contributed by atoms with van der Waals surface area (Å²) >= 11 is 0. The van der Waals surface area contributed by atoms with Crippen molar-refractivity contribution in [2.45, 2.75) is 37.4 Å². The van der Waals surface area contributed by atoms with Crippen molar-refractivity contribution in [2.24, 2.45) is 0 Å². The molecule has 21 heavy (non-hydrogen) atoms.